The minimum Gasteiger partial charge on any atom is -0.459 e. The van der Waals surface area contributed by atoms with E-state index in [4.69, 9.17) is 14.2 Å². The predicted octanol–water partition coefficient (Wildman–Crippen LogP) is 2.14. The molecule has 6 atom stereocenters. The molecule has 4 aliphatic rings. The Morgan fingerprint density at radius 1 is 1.21 bits per heavy atom. The Balaban J connectivity index is 1.51. The van der Waals surface area contributed by atoms with Crippen molar-refractivity contribution in [3.05, 3.63) is 0 Å². The molecule has 0 aromatic heterocycles. The molecule has 2 heterocycles. The maximum atomic E-state index is 13.2. The average Bonchev–Trinajstić information content (AvgIpc) is 3.25. The van der Waals surface area contributed by atoms with E-state index in [1.165, 1.54) is 0 Å². The third-order valence-corrected chi connectivity index (χ3v) is 7.68. The summed E-state index contributed by atoms with van der Waals surface area (Å²) in [6.45, 7) is 5.71. The number of rotatable bonds is 5. The van der Waals surface area contributed by atoms with Crippen LogP contribution >= 0.6 is 31.9 Å². The van der Waals surface area contributed by atoms with Crippen molar-refractivity contribution in [3.8, 4) is 0 Å². The van der Waals surface area contributed by atoms with Crippen molar-refractivity contribution in [2.45, 2.75) is 54.7 Å². The summed E-state index contributed by atoms with van der Waals surface area (Å²) in [6, 6.07) is 0. The van der Waals surface area contributed by atoms with Gasteiger partial charge in [-0.2, -0.15) is 0 Å². The molecule has 7 nitrogen and oxygen atoms in total. The molecular formula is C19H25Br2NO6. The summed E-state index contributed by atoms with van der Waals surface area (Å²) in [5.41, 5.74) is -0.605. The zero-order chi connectivity index (χ0) is 20.2. The first-order chi connectivity index (χ1) is 13.2. The first kappa shape index (κ1) is 20.6. The molecule has 2 aliphatic carbocycles. The highest BCUT2D eigenvalue weighted by Gasteiger charge is 2.70. The molecule has 2 bridgehead atoms. The lowest BCUT2D eigenvalue weighted by atomic mass is 9.78. The molecule has 1 N–H and O–H groups in total. The normalized spacial score (nSPS) is 37.2. The van der Waals surface area contributed by atoms with Gasteiger partial charge in [-0.05, 0) is 46.2 Å². The van der Waals surface area contributed by atoms with Gasteiger partial charge in [-0.25, -0.2) is 4.79 Å². The molecule has 2 aliphatic heterocycles. The second-order valence-electron chi connectivity index (χ2n) is 8.77. The summed E-state index contributed by atoms with van der Waals surface area (Å²) < 4.78 is 16.4. The Morgan fingerprint density at radius 3 is 2.54 bits per heavy atom. The molecule has 0 amide bonds. The summed E-state index contributed by atoms with van der Waals surface area (Å²) in [6.07, 6.45) is 1.48. The summed E-state index contributed by atoms with van der Waals surface area (Å²) in [4.78, 5) is 37.7. The number of carbonyl (C=O) groups excluding carboxylic acids is 3. The molecule has 2 saturated heterocycles. The second kappa shape index (κ2) is 7.54. The van der Waals surface area contributed by atoms with Crippen molar-refractivity contribution in [3.63, 3.8) is 0 Å². The van der Waals surface area contributed by atoms with E-state index in [-0.39, 0.29) is 29.7 Å². The molecule has 2 saturated carbocycles. The lowest BCUT2D eigenvalue weighted by Gasteiger charge is -2.39. The van der Waals surface area contributed by atoms with Gasteiger partial charge in [0, 0.05) is 17.8 Å². The Hall–Kier alpha value is -0.670. The van der Waals surface area contributed by atoms with Crippen LogP contribution in [-0.2, 0) is 28.6 Å². The predicted molar refractivity (Wildman–Crippen MR) is 106 cm³/mol. The fourth-order valence-electron chi connectivity index (χ4n) is 5.58. The molecular weight excluding hydrogens is 498 g/mol. The maximum absolute atomic E-state index is 13.2. The minimum atomic E-state index is -0.642. The van der Waals surface area contributed by atoms with E-state index in [9.17, 15) is 14.4 Å². The number of carbonyl (C=O) groups is 3. The summed E-state index contributed by atoms with van der Waals surface area (Å²) >= 11 is 6.26. The lowest BCUT2D eigenvalue weighted by Crippen LogP contribution is -2.48. The quantitative estimate of drug-likeness (QED) is 0.336. The number of piperidine rings is 1. The monoisotopic (exact) mass is 521 g/mol. The van der Waals surface area contributed by atoms with Gasteiger partial charge in [0.25, 0.3) is 0 Å². The number of nitrogens with one attached hydrogen (secondary N) is 1. The van der Waals surface area contributed by atoms with E-state index in [0.29, 0.717) is 6.42 Å². The van der Waals surface area contributed by atoms with Crippen LogP contribution in [0.4, 0.5) is 0 Å². The molecule has 0 aromatic carbocycles. The van der Waals surface area contributed by atoms with Gasteiger partial charge >= 0.3 is 17.9 Å². The molecule has 0 aromatic rings. The molecule has 156 valence electrons. The van der Waals surface area contributed by atoms with E-state index in [0.717, 1.165) is 25.9 Å². The third kappa shape index (κ3) is 3.41. The molecule has 6 unspecified atom stereocenters. The van der Waals surface area contributed by atoms with Gasteiger partial charge in [0.1, 0.15) is 17.8 Å². The Kier molecular flexibility index (Phi) is 5.55. The SMILES string of the molecule is CC(C)(OC(=O)C1C2CC3C(OC(=O)C31)C2OC(=O)C(Br)Br)C1CCNCC1. The van der Waals surface area contributed by atoms with E-state index in [2.05, 4.69) is 37.2 Å². The van der Waals surface area contributed by atoms with Gasteiger partial charge in [0.05, 0.1) is 11.8 Å². The van der Waals surface area contributed by atoms with Crippen LogP contribution in [0.15, 0.2) is 0 Å². The fourth-order valence-corrected chi connectivity index (χ4v) is 5.80. The van der Waals surface area contributed by atoms with E-state index in [1.807, 2.05) is 13.8 Å². The average molecular weight is 523 g/mol. The van der Waals surface area contributed by atoms with Crippen LogP contribution in [0.5, 0.6) is 0 Å². The lowest BCUT2D eigenvalue weighted by molar-refractivity contribution is -0.176. The number of esters is 3. The van der Waals surface area contributed by atoms with Gasteiger partial charge in [0.15, 0.2) is 3.74 Å². The number of halogens is 2. The molecule has 9 heteroatoms. The fraction of sp³-hybridized carbons (Fsp3) is 0.842. The molecule has 4 rings (SSSR count). The number of ether oxygens (including phenoxy) is 3. The number of fused-ring (bicyclic) bond motifs is 1. The van der Waals surface area contributed by atoms with E-state index in [1.54, 1.807) is 0 Å². The van der Waals surface area contributed by atoms with Gasteiger partial charge < -0.3 is 19.5 Å². The van der Waals surface area contributed by atoms with Crippen LogP contribution in [0.3, 0.4) is 0 Å². The Labute approximate surface area is 180 Å². The summed E-state index contributed by atoms with van der Waals surface area (Å²) in [5.74, 6) is -2.37. The van der Waals surface area contributed by atoms with Crippen molar-refractivity contribution < 1.29 is 28.6 Å². The standard InChI is InChI=1S/C19H25Br2NO6/c1-19(2,8-3-5-22-6-4-8)28-17(24)12-10-7-9-11(12)16(23)26-13(9)14(10)27-18(25)15(20)21/h8-15,22H,3-7H2,1-2H3. The Bertz CT molecular complexity index is 677. The van der Waals surface area contributed by atoms with Crippen molar-refractivity contribution in [1.29, 1.82) is 0 Å². The van der Waals surface area contributed by atoms with Crippen molar-refractivity contribution in [1.82, 2.24) is 5.32 Å². The van der Waals surface area contributed by atoms with Crippen molar-refractivity contribution >= 4 is 49.8 Å². The van der Waals surface area contributed by atoms with Crippen LogP contribution in [0.2, 0.25) is 0 Å². The molecule has 0 spiro atoms. The van der Waals surface area contributed by atoms with Gasteiger partial charge in [-0.15, -0.1) is 0 Å². The topological polar surface area (TPSA) is 90.9 Å². The van der Waals surface area contributed by atoms with Crippen LogP contribution in [-0.4, -0.2) is 52.5 Å². The van der Waals surface area contributed by atoms with E-state index >= 15 is 0 Å². The van der Waals surface area contributed by atoms with Crippen LogP contribution < -0.4 is 5.32 Å². The first-order valence-corrected chi connectivity index (χ1v) is 11.7. The largest absolute Gasteiger partial charge is 0.459 e. The minimum absolute atomic E-state index is 0.0843. The van der Waals surface area contributed by atoms with Gasteiger partial charge in [-0.3, -0.25) is 9.59 Å². The first-order valence-electron chi connectivity index (χ1n) is 9.83. The van der Waals surface area contributed by atoms with Gasteiger partial charge in [0.2, 0.25) is 0 Å². The zero-order valence-corrected chi connectivity index (χ0v) is 19.0. The van der Waals surface area contributed by atoms with Crippen LogP contribution in [0, 0.1) is 29.6 Å². The number of hydrogen-bond acceptors (Lipinski definition) is 7. The van der Waals surface area contributed by atoms with Crippen LogP contribution in [0.1, 0.15) is 33.1 Å². The maximum Gasteiger partial charge on any atom is 0.331 e. The summed E-state index contributed by atoms with van der Waals surface area (Å²) in [5, 5.41) is 3.32. The smallest absolute Gasteiger partial charge is 0.331 e. The van der Waals surface area contributed by atoms with E-state index < -0.39 is 39.4 Å². The summed E-state index contributed by atoms with van der Waals surface area (Å²) in [7, 11) is 0. The van der Waals surface area contributed by atoms with Crippen molar-refractivity contribution in [2.24, 2.45) is 29.6 Å². The Morgan fingerprint density at radius 2 is 1.89 bits per heavy atom. The highest BCUT2D eigenvalue weighted by molar-refractivity contribution is 9.25. The third-order valence-electron chi connectivity index (χ3n) is 6.93. The molecule has 0 radical (unpaired) electrons. The second-order valence-corrected chi connectivity index (χ2v) is 11.8. The highest BCUT2D eigenvalue weighted by atomic mass is 79.9. The number of hydrogen-bond donors (Lipinski definition) is 1. The zero-order valence-electron chi connectivity index (χ0n) is 15.9. The molecule has 4 fully saturated rings. The van der Waals surface area contributed by atoms with Crippen molar-refractivity contribution in [2.75, 3.05) is 13.1 Å². The number of alkyl halides is 2. The van der Waals surface area contributed by atoms with Gasteiger partial charge in [-0.1, -0.05) is 31.9 Å². The highest BCUT2D eigenvalue weighted by Crippen LogP contribution is 2.59. The van der Waals surface area contributed by atoms with Crippen LogP contribution in [0.25, 0.3) is 0 Å². The molecule has 28 heavy (non-hydrogen) atoms.